The van der Waals surface area contributed by atoms with E-state index in [9.17, 15) is 4.79 Å². The van der Waals surface area contributed by atoms with Gasteiger partial charge in [0.25, 0.3) is 0 Å². The minimum atomic E-state index is -0.814. The summed E-state index contributed by atoms with van der Waals surface area (Å²) < 4.78 is 6.64. The first-order chi connectivity index (χ1) is 9.88. The summed E-state index contributed by atoms with van der Waals surface area (Å²) in [7, 11) is 0. The van der Waals surface area contributed by atoms with Crippen molar-refractivity contribution >= 4 is 39.0 Å². The Kier molecular flexibility index (Phi) is 4.88. The third-order valence-corrected chi connectivity index (χ3v) is 4.93. The highest BCUT2D eigenvalue weighted by molar-refractivity contribution is 9.10. The quantitative estimate of drug-likeness (QED) is 0.782. The second-order valence-electron chi connectivity index (χ2n) is 5.38. The van der Waals surface area contributed by atoms with Gasteiger partial charge < -0.3 is 15.8 Å². The largest absolute Gasteiger partial charge is 0.493 e. The van der Waals surface area contributed by atoms with Crippen LogP contribution < -0.4 is 15.8 Å². The fraction of sp³-hybridized carbons (Fsp3) is 0.467. The van der Waals surface area contributed by atoms with Gasteiger partial charge in [0.05, 0.1) is 17.0 Å². The second-order valence-corrected chi connectivity index (χ2v) is 6.74. The minimum Gasteiger partial charge on any atom is -0.493 e. The summed E-state index contributed by atoms with van der Waals surface area (Å²) in [6, 6.07) is 4.02. The van der Waals surface area contributed by atoms with Crippen LogP contribution in [0.5, 0.6) is 5.75 Å². The number of carbonyl (C=O) groups excluding carboxylic acids is 1. The van der Waals surface area contributed by atoms with E-state index in [0.29, 0.717) is 19.6 Å². The van der Waals surface area contributed by atoms with Gasteiger partial charge >= 0.3 is 0 Å². The van der Waals surface area contributed by atoms with Gasteiger partial charge in [0.1, 0.15) is 5.75 Å². The second kappa shape index (κ2) is 6.32. The Labute approximate surface area is 138 Å². The van der Waals surface area contributed by atoms with Gasteiger partial charge in [-0.3, -0.25) is 4.79 Å². The van der Waals surface area contributed by atoms with E-state index in [4.69, 9.17) is 22.7 Å². The van der Waals surface area contributed by atoms with E-state index < -0.39 is 5.41 Å². The predicted molar refractivity (Wildman–Crippen MR) is 90.4 cm³/mol. The standard InChI is InChI=1S/C15H19BrN2O2S/c1-3-15(2,13(17)21)14(19)18-8-10-7-11(16)6-9-4-5-20-12(9)10/h6-7H,3-5,8H2,1-2H3,(H2,17,21)(H,18,19). The minimum absolute atomic E-state index is 0.149. The number of rotatable bonds is 5. The SMILES string of the molecule is CCC(C)(C(=O)NCc1cc(Br)cc2c1OCC2)C(N)=S. The number of nitrogens with one attached hydrogen (secondary N) is 1. The van der Waals surface area contributed by atoms with E-state index in [1.165, 1.54) is 5.56 Å². The van der Waals surface area contributed by atoms with Crippen LogP contribution in [0.4, 0.5) is 0 Å². The molecule has 21 heavy (non-hydrogen) atoms. The molecule has 0 bridgehead atoms. The van der Waals surface area contributed by atoms with E-state index in [1.54, 1.807) is 6.92 Å². The summed E-state index contributed by atoms with van der Waals surface area (Å²) in [6.45, 7) is 4.76. The Morgan fingerprint density at radius 2 is 2.29 bits per heavy atom. The van der Waals surface area contributed by atoms with Crippen molar-refractivity contribution in [3.63, 3.8) is 0 Å². The molecule has 0 saturated heterocycles. The molecule has 1 atom stereocenters. The molecule has 0 saturated carbocycles. The first kappa shape index (κ1) is 16.2. The van der Waals surface area contributed by atoms with Gasteiger partial charge in [0, 0.05) is 23.0 Å². The zero-order valence-electron chi connectivity index (χ0n) is 12.2. The number of hydrogen-bond donors (Lipinski definition) is 2. The summed E-state index contributed by atoms with van der Waals surface area (Å²) in [5.74, 6) is 0.733. The van der Waals surface area contributed by atoms with E-state index in [1.807, 2.05) is 13.0 Å². The third-order valence-electron chi connectivity index (χ3n) is 4.02. The number of fused-ring (bicyclic) bond motifs is 1. The van der Waals surface area contributed by atoms with Crippen LogP contribution in [-0.4, -0.2) is 17.5 Å². The Balaban J connectivity index is 2.14. The van der Waals surface area contributed by atoms with E-state index in [0.717, 1.165) is 22.2 Å². The summed E-state index contributed by atoms with van der Waals surface area (Å²) in [4.78, 5) is 12.6. The lowest BCUT2D eigenvalue weighted by Gasteiger charge is -2.25. The first-order valence-corrected chi connectivity index (χ1v) is 8.11. The number of nitrogens with two attached hydrogens (primary N) is 1. The van der Waals surface area contributed by atoms with Crippen LogP contribution in [0.3, 0.4) is 0 Å². The van der Waals surface area contributed by atoms with Crippen LogP contribution in [0.2, 0.25) is 0 Å². The van der Waals surface area contributed by atoms with Gasteiger partial charge in [-0.05, 0) is 31.0 Å². The van der Waals surface area contributed by atoms with Crippen LogP contribution in [-0.2, 0) is 17.8 Å². The average molecular weight is 371 g/mol. The van der Waals surface area contributed by atoms with Crippen molar-refractivity contribution in [2.24, 2.45) is 11.1 Å². The van der Waals surface area contributed by atoms with Gasteiger partial charge in [0.2, 0.25) is 5.91 Å². The molecule has 114 valence electrons. The average Bonchev–Trinajstić information content (AvgIpc) is 2.91. The molecule has 1 aromatic rings. The summed E-state index contributed by atoms with van der Waals surface area (Å²) in [5.41, 5.74) is 7.02. The van der Waals surface area contributed by atoms with Crippen molar-refractivity contribution in [1.29, 1.82) is 0 Å². The monoisotopic (exact) mass is 370 g/mol. The van der Waals surface area contributed by atoms with Crippen LogP contribution >= 0.6 is 28.1 Å². The lowest BCUT2D eigenvalue weighted by molar-refractivity contribution is -0.127. The normalized spacial score (nSPS) is 15.8. The zero-order valence-corrected chi connectivity index (χ0v) is 14.6. The molecule has 2 rings (SSSR count). The van der Waals surface area contributed by atoms with E-state index >= 15 is 0 Å². The molecule has 1 aliphatic heterocycles. The first-order valence-electron chi connectivity index (χ1n) is 6.90. The van der Waals surface area contributed by atoms with Crippen molar-refractivity contribution in [2.75, 3.05) is 6.61 Å². The number of thiocarbonyl (C=S) groups is 1. The maximum atomic E-state index is 12.4. The summed E-state index contributed by atoms with van der Waals surface area (Å²) in [5, 5.41) is 2.92. The zero-order chi connectivity index (χ0) is 15.6. The lowest BCUT2D eigenvalue weighted by atomic mass is 9.86. The molecule has 1 unspecified atom stereocenters. The number of amides is 1. The Morgan fingerprint density at radius 3 is 2.90 bits per heavy atom. The number of hydrogen-bond acceptors (Lipinski definition) is 3. The highest BCUT2D eigenvalue weighted by Crippen LogP contribution is 2.33. The molecular weight excluding hydrogens is 352 g/mol. The molecule has 3 N–H and O–H groups in total. The highest BCUT2D eigenvalue weighted by atomic mass is 79.9. The highest BCUT2D eigenvalue weighted by Gasteiger charge is 2.34. The van der Waals surface area contributed by atoms with Gasteiger partial charge in [-0.25, -0.2) is 0 Å². The van der Waals surface area contributed by atoms with Crippen molar-refractivity contribution < 1.29 is 9.53 Å². The van der Waals surface area contributed by atoms with Crippen molar-refractivity contribution in [2.45, 2.75) is 33.2 Å². The lowest BCUT2D eigenvalue weighted by Crippen LogP contribution is -2.46. The number of benzene rings is 1. The molecule has 6 heteroatoms. The number of carbonyl (C=O) groups is 1. The molecule has 1 aliphatic rings. The topological polar surface area (TPSA) is 64.3 Å². The molecule has 0 aromatic heterocycles. The Morgan fingerprint density at radius 1 is 1.57 bits per heavy atom. The molecule has 0 radical (unpaired) electrons. The molecule has 0 spiro atoms. The third kappa shape index (κ3) is 3.21. The van der Waals surface area contributed by atoms with Crippen LogP contribution in [0, 0.1) is 5.41 Å². The van der Waals surface area contributed by atoms with Gasteiger partial charge in [-0.1, -0.05) is 35.1 Å². The molecule has 1 heterocycles. The molecule has 4 nitrogen and oxygen atoms in total. The van der Waals surface area contributed by atoms with Crippen molar-refractivity contribution in [3.8, 4) is 5.75 Å². The predicted octanol–water partition coefficient (Wildman–Crippen LogP) is 2.70. The maximum Gasteiger partial charge on any atom is 0.233 e. The van der Waals surface area contributed by atoms with Gasteiger partial charge in [-0.15, -0.1) is 0 Å². The molecule has 1 aromatic carbocycles. The molecule has 0 fully saturated rings. The van der Waals surface area contributed by atoms with E-state index in [2.05, 4.69) is 27.3 Å². The molecule has 1 amide bonds. The summed E-state index contributed by atoms with van der Waals surface area (Å²) >= 11 is 8.51. The molecular formula is C15H19BrN2O2S. The molecule has 0 aliphatic carbocycles. The number of ether oxygens (including phenoxy) is 1. The van der Waals surface area contributed by atoms with Gasteiger partial charge in [0.15, 0.2) is 0 Å². The van der Waals surface area contributed by atoms with Crippen LogP contribution in [0.15, 0.2) is 16.6 Å². The van der Waals surface area contributed by atoms with Crippen molar-refractivity contribution in [1.82, 2.24) is 5.32 Å². The van der Waals surface area contributed by atoms with Gasteiger partial charge in [-0.2, -0.15) is 0 Å². The number of halogens is 1. The fourth-order valence-electron chi connectivity index (χ4n) is 2.29. The maximum absolute atomic E-state index is 12.4. The van der Waals surface area contributed by atoms with Crippen LogP contribution in [0.25, 0.3) is 0 Å². The van der Waals surface area contributed by atoms with Crippen molar-refractivity contribution in [3.05, 3.63) is 27.7 Å². The van der Waals surface area contributed by atoms with Crippen LogP contribution in [0.1, 0.15) is 31.4 Å². The Bertz CT molecular complexity index is 591. The van der Waals surface area contributed by atoms with E-state index in [-0.39, 0.29) is 10.9 Å². The Hall–Kier alpha value is -1.14. The summed E-state index contributed by atoms with van der Waals surface area (Å²) in [6.07, 6.45) is 1.47. The smallest absolute Gasteiger partial charge is 0.233 e. The fourth-order valence-corrected chi connectivity index (χ4v) is 3.08.